The minimum Gasteiger partial charge on any atom is -0.459 e. The van der Waals surface area contributed by atoms with E-state index in [9.17, 15) is 13.2 Å². The van der Waals surface area contributed by atoms with E-state index in [2.05, 4.69) is 10.3 Å². The van der Waals surface area contributed by atoms with Gasteiger partial charge in [0, 0.05) is 20.1 Å². The van der Waals surface area contributed by atoms with Crippen molar-refractivity contribution in [2.24, 2.45) is 4.99 Å². The molecular formula is C17H32IN3O4S. The summed E-state index contributed by atoms with van der Waals surface area (Å²) in [5.41, 5.74) is -0.534. The average Bonchev–Trinajstić information content (AvgIpc) is 2.51. The third-order valence-corrected chi connectivity index (χ3v) is 7.43. The number of nitrogens with one attached hydrogen (secondary N) is 1. The van der Waals surface area contributed by atoms with E-state index in [1.165, 1.54) is 0 Å². The first kappa shape index (κ1) is 23.5. The topological polar surface area (TPSA) is 88.1 Å². The predicted molar refractivity (Wildman–Crippen MR) is 114 cm³/mol. The zero-order valence-electron chi connectivity index (χ0n) is 16.2. The summed E-state index contributed by atoms with van der Waals surface area (Å²) in [6.45, 7) is 6.33. The molecule has 1 saturated heterocycles. The molecule has 1 saturated carbocycles. The van der Waals surface area contributed by atoms with Crippen molar-refractivity contribution in [1.29, 1.82) is 0 Å². The van der Waals surface area contributed by atoms with Crippen molar-refractivity contribution in [2.45, 2.75) is 63.2 Å². The molecule has 2 rings (SSSR count). The van der Waals surface area contributed by atoms with E-state index in [0.717, 1.165) is 32.1 Å². The van der Waals surface area contributed by atoms with E-state index in [1.54, 1.807) is 7.05 Å². The summed E-state index contributed by atoms with van der Waals surface area (Å²) in [5, 5.41) is 3.02. The van der Waals surface area contributed by atoms with Gasteiger partial charge in [-0.3, -0.25) is 9.79 Å². The third-order valence-electron chi connectivity index (χ3n) is 4.86. The van der Waals surface area contributed by atoms with Crippen LogP contribution in [0, 0.1) is 0 Å². The van der Waals surface area contributed by atoms with E-state index in [0.29, 0.717) is 19.0 Å². The maximum absolute atomic E-state index is 12.7. The SMILES string of the molecule is CN=C(NCC(=O)OC(C)(C)C)N1CCS(=O)(=O)C2(CCCCC2)C1.I. The highest BCUT2D eigenvalue weighted by atomic mass is 127. The highest BCUT2D eigenvalue weighted by Gasteiger charge is 2.48. The number of hydrogen-bond donors (Lipinski definition) is 1. The Morgan fingerprint density at radius 1 is 1.23 bits per heavy atom. The van der Waals surface area contributed by atoms with Crippen molar-refractivity contribution in [2.75, 3.05) is 32.4 Å². The smallest absolute Gasteiger partial charge is 0.325 e. The molecule has 2 aliphatic rings. The molecule has 0 unspecified atom stereocenters. The minimum atomic E-state index is -3.09. The molecule has 1 N–H and O–H groups in total. The lowest BCUT2D eigenvalue weighted by Crippen LogP contribution is -2.60. The molecule has 7 nitrogen and oxygen atoms in total. The predicted octanol–water partition coefficient (Wildman–Crippen LogP) is 1.95. The number of sulfone groups is 1. The van der Waals surface area contributed by atoms with Crippen molar-refractivity contribution >= 4 is 45.7 Å². The van der Waals surface area contributed by atoms with Gasteiger partial charge < -0.3 is 15.0 Å². The number of ether oxygens (including phenoxy) is 1. The number of nitrogens with zero attached hydrogens (tertiary/aromatic N) is 2. The monoisotopic (exact) mass is 501 g/mol. The van der Waals surface area contributed by atoms with Gasteiger partial charge in [0.25, 0.3) is 0 Å². The number of guanidine groups is 1. The molecule has 0 radical (unpaired) electrons. The number of aliphatic imine (C=N–C) groups is 1. The Balaban J connectivity index is 0.00000338. The van der Waals surface area contributed by atoms with Gasteiger partial charge in [-0.25, -0.2) is 8.42 Å². The van der Waals surface area contributed by atoms with Gasteiger partial charge in [-0.1, -0.05) is 19.3 Å². The molecule has 1 aliphatic heterocycles. The molecule has 0 atom stereocenters. The molecule has 0 aromatic heterocycles. The van der Waals surface area contributed by atoms with Gasteiger partial charge in [0.1, 0.15) is 12.1 Å². The Bertz CT molecular complexity index is 622. The van der Waals surface area contributed by atoms with E-state index in [4.69, 9.17) is 4.74 Å². The molecule has 152 valence electrons. The molecule has 0 bridgehead atoms. The van der Waals surface area contributed by atoms with Gasteiger partial charge in [-0.15, -0.1) is 24.0 Å². The van der Waals surface area contributed by atoms with Gasteiger partial charge in [-0.05, 0) is 33.6 Å². The van der Waals surface area contributed by atoms with Crippen LogP contribution in [0.2, 0.25) is 0 Å². The second kappa shape index (κ2) is 9.07. The molecule has 1 aliphatic carbocycles. The molecule has 0 aromatic carbocycles. The van der Waals surface area contributed by atoms with Gasteiger partial charge in [-0.2, -0.15) is 0 Å². The molecule has 1 spiro atoms. The standard InChI is InChI=1S/C17H31N3O4S.HI/c1-16(2,3)24-14(21)12-19-15(18-4)20-10-11-25(22,23)17(13-20)8-6-5-7-9-17;/h5-13H2,1-4H3,(H,18,19);1H. The fourth-order valence-corrected chi connectivity index (χ4v) is 5.84. The second-order valence-corrected chi connectivity index (χ2v) is 10.5. The Morgan fingerprint density at radius 2 is 1.85 bits per heavy atom. The highest BCUT2D eigenvalue weighted by molar-refractivity contribution is 14.0. The Morgan fingerprint density at radius 3 is 2.38 bits per heavy atom. The fraction of sp³-hybridized carbons (Fsp3) is 0.882. The van der Waals surface area contributed by atoms with E-state index >= 15 is 0 Å². The van der Waals surface area contributed by atoms with Crippen molar-refractivity contribution in [3.63, 3.8) is 0 Å². The number of rotatable bonds is 2. The number of halogens is 1. The zero-order chi connectivity index (χ0) is 18.7. The lowest BCUT2D eigenvalue weighted by molar-refractivity contribution is -0.153. The van der Waals surface area contributed by atoms with Gasteiger partial charge in [0.15, 0.2) is 15.8 Å². The van der Waals surface area contributed by atoms with Crippen LogP contribution in [-0.4, -0.2) is 68.0 Å². The normalized spacial score (nSPS) is 22.5. The van der Waals surface area contributed by atoms with Crippen LogP contribution >= 0.6 is 24.0 Å². The summed E-state index contributed by atoms with van der Waals surface area (Å²) in [7, 11) is -1.45. The quantitative estimate of drug-likeness (QED) is 0.270. The van der Waals surface area contributed by atoms with Crippen LogP contribution in [0.1, 0.15) is 52.9 Å². The van der Waals surface area contributed by atoms with Crippen molar-refractivity contribution in [3.05, 3.63) is 0 Å². The molecule has 1 heterocycles. The van der Waals surface area contributed by atoms with E-state index in [-0.39, 0.29) is 42.2 Å². The average molecular weight is 501 g/mol. The molecule has 2 fully saturated rings. The summed E-state index contributed by atoms with van der Waals surface area (Å²) in [5.74, 6) is 0.344. The lowest BCUT2D eigenvalue weighted by atomic mass is 9.87. The molecule has 9 heteroatoms. The summed E-state index contributed by atoms with van der Waals surface area (Å²) in [6, 6.07) is 0. The number of carbonyl (C=O) groups excluding carboxylic acids is 1. The highest BCUT2D eigenvalue weighted by Crippen LogP contribution is 2.38. The van der Waals surface area contributed by atoms with Crippen molar-refractivity contribution < 1.29 is 17.9 Å². The van der Waals surface area contributed by atoms with Crippen LogP contribution in [0.15, 0.2) is 4.99 Å². The van der Waals surface area contributed by atoms with E-state index < -0.39 is 20.2 Å². The number of carbonyl (C=O) groups is 1. The zero-order valence-corrected chi connectivity index (χ0v) is 19.4. The maximum Gasteiger partial charge on any atom is 0.325 e. The van der Waals surface area contributed by atoms with Crippen LogP contribution in [-0.2, 0) is 19.4 Å². The molecule has 26 heavy (non-hydrogen) atoms. The summed E-state index contributed by atoms with van der Waals surface area (Å²) in [6.07, 6.45) is 4.45. The second-order valence-electron chi connectivity index (χ2n) is 7.97. The first-order chi connectivity index (χ1) is 11.6. The van der Waals surface area contributed by atoms with Gasteiger partial charge in [0.2, 0.25) is 0 Å². The van der Waals surface area contributed by atoms with Crippen LogP contribution in [0.5, 0.6) is 0 Å². The summed E-state index contributed by atoms with van der Waals surface area (Å²) in [4.78, 5) is 18.1. The minimum absolute atomic E-state index is 0. The van der Waals surface area contributed by atoms with Crippen LogP contribution in [0.4, 0.5) is 0 Å². The molecular weight excluding hydrogens is 469 g/mol. The summed E-state index contributed by atoms with van der Waals surface area (Å²) < 4.78 is 30.0. The molecule has 0 aromatic rings. The summed E-state index contributed by atoms with van der Waals surface area (Å²) >= 11 is 0. The first-order valence-corrected chi connectivity index (χ1v) is 10.6. The van der Waals surface area contributed by atoms with Crippen molar-refractivity contribution in [3.8, 4) is 0 Å². The largest absolute Gasteiger partial charge is 0.459 e. The van der Waals surface area contributed by atoms with Gasteiger partial charge in [0.05, 0.1) is 10.5 Å². The van der Waals surface area contributed by atoms with Crippen LogP contribution in [0.25, 0.3) is 0 Å². The van der Waals surface area contributed by atoms with Gasteiger partial charge >= 0.3 is 5.97 Å². The van der Waals surface area contributed by atoms with E-state index in [1.807, 2.05) is 25.7 Å². The van der Waals surface area contributed by atoms with Crippen LogP contribution in [0.3, 0.4) is 0 Å². The lowest BCUT2D eigenvalue weighted by Gasteiger charge is -2.45. The number of esters is 1. The first-order valence-electron chi connectivity index (χ1n) is 8.98. The van der Waals surface area contributed by atoms with Crippen molar-refractivity contribution in [1.82, 2.24) is 10.2 Å². The Kier molecular flexibility index (Phi) is 8.19. The fourth-order valence-electron chi connectivity index (χ4n) is 3.68. The Labute approximate surface area is 174 Å². The molecule has 0 amide bonds. The number of hydrogen-bond acceptors (Lipinski definition) is 5. The van der Waals surface area contributed by atoms with Crippen LogP contribution < -0.4 is 5.32 Å². The third kappa shape index (κ3) is 5.71. The Hall–Kier alpha value is -0.580. The maximum atomic E-state index is 12.7.